The zero-order chi connectivity index (χ0) is 14.4. The van der Waals surface area contributed by atoms with E-state index in [1.165, 1.54) is 0 Å². The van der Waals surface area contributed by atoms with E-state index < -0.39 is 0 Å². The zero-order valence-electron chi connectivity index (χ0n) is 12.0. The van der Waals surface area contributed by atoms with Gasteiger partial charge in [-0.2, -0.15) is 0 Å². The van der Waals surface area contributed by atoms with Gasteiger partial charge in [-0.15, -0.1) is 0 Å². The highest BCUT2D eigenvalue weighted by Gasteiger charge is 2.23. The molecule has 1 aliphatic rings. The summed E-state index contributed by atoms with van der Waals surface area (Å²) in [7, 11) is 1.63. The molecule has 1 aliphatic heterocycles. The first-order chi connectivity index (χ1) is 9.69. The Bertz CT molecular complexity index is 444. The van der Waals surface area contributed by atoms with Crippen LogP contribution in [0.1, 0.15) is 25.3 Å². The molecule has 1 heterocycles. The van der Waals surface area contributed by atoms with Crippen molar-refractivity contribution >= 4 is 6.03 Å². The quantitative estimate of drug-likeness (QED) is 0.866. The summed E-state index contributed by atoms with van der Waals surface area (Å²) in [6.45, 7) is 3.24. The van der Waals surface area contributed by atoms with Gasteiger partial charge < -0.3 is 20.1 Å². The number of ether oxygens (including phenoxy) is 2. The number of carbonyl (C=O) groups excluding carboxylic acids is 1. The molecule has 20 heavy (non-hydrogen) atoms. The van der Waals surface area contributed by atoms with Gasteiger partial charge in [-0.05, 0) is 37.5 Å². The smallest absolute Gasteiger partial charge is 0.315 e. The summed E-state index contributed by atoms with van der Waals surface area (Å²) in [6.07, 6.45) is 2.22. The van der Waals surface area contributed by atoms with E-state index >= 15 is 0 Å². The van der Waals surface area contributed by atoms with Gasteiger partial charge in [0.2, 0.25) is 0 Å². The number of carbonyl (C=O) groups is 1. The minimum atomic E-state index is -0.171. The number of hydrogen-bond donors (Lipinski definition) is 2. The van der Waals surface area contributed by atoms with Gasteiger partial charge in [0.05, 0.1) is 19.3 Å². The van der Waals surface area contributed by atoms with Crippen LogP contribution in [0.4, 0.5) is 4.79 Å². The Morgan fingerprint density at radius 1 is 1.55 bits per heavy atom. The summed E-state index contributed by atoms with van der Waals surface area (Å²) in [5.41, 5.74) is 1.00. The van der Waals surface area contributed by atoms with Crippen LogP contribution < -0.4 is 15.4 Å². The monoisotopic (exact) mass is 278 g/mol. The molecule has 1 fully saturated rings. The summed E-state index contributed by atoms with van der Waals surface area (Å²) >= 11 is 0. The largest absolute Gasteiger partial charge is 0.497 e. The van der Waals surface area contributed by atoms with Crippen molar-refractivity contribution in [3.63, 3.8) is 0 Å². The SMILES string of the molecule is COc1cccc(CNC(=O)NC(C)C2CCCO2)c1. The van der Waals surface area contributed by atoms with E-state index in [1.807, 2.05) is 31.2 Å². The highest BCUT2D eigenvalue weighted by molar-refractivity contribution is 5.74. The standard InChI is InChI=1S/C15H22N2O3/c1-11(14-7-4-8-20-14)17-15(18)16-10-12-5-3-6-13(9-12)19-2/h3,5-6,9,11,14H,4,7-8,10H2,1-2H3,(H2,16,17,18). The maximum Gasteiger partial charge on any atom is 0.315 e. The Morgan fingerprint density at radius 2 is 2.40 bits per heavy atom. The molecular formula is C15H22N2O3. The maximum absolute atomic E-state index is 11.8. The number of amides is 2. The molecule has 0 spiro atoms. The number of methoxy groups -OCH3 is 1. The van der Waals surface area contributed by atoms with Crippen LogP contribution in [0.2, 0.25) is 0 Å². The molecule has 0 saturated carbocycles. The highest BCUT2D eigenvalue weighted by atomic mass is 16.5. The Labute approximate surface area is 119 Å². The Morgan fingerprint density at radius 3 is 3.10 bits per heavy atom. The predicted octanol–water partition coefficient (Wildman–Crippen LogP) is 2.06. The van der Waals surface area contributed by atoms with E-state index in [1.54, 1.807) is 7.11 Å². The van der Waals surface area contributed by atoms with Gasteiger partial charge in [0, 0.05) is 13.2 Å². The van der Waals surface area contributed by atoms with E-state index in [0.29, 0.717) is 6.54 Å². The second-order valence-corrected chi connectivity index (χ2v) is 5.02. The molecule has 1 saturated heterocycles. The first kappa shape index (κ1) is 14.7. The number of hydrogen-bond acceptors (Lipinski definition) is 3. The molecule has 0 aliphatic carbocycles. The Hall–Kier alpha value is -1.75. The third kappa shape index (κ3) is 4.13. The van der Waals surface area contributed by atoms with Gasteiger partial charge in [0.1, 0.15) is 5.75 Å². The van der Waals surface area contributed by atoms with Gasteiger partial charge in [-0.1, -0.05) is 12.1 Å². The topological polar surface area (TPSA) is 59.6 Å². The lowest BCUT2D eigenvalue weighted by molar-refractivity contribution is 0.0860. The number of rotatable bonds is 5. The number of benzene rings is 1. The van der Waals surface area contributed by atoms with Crippen molar-refractivity contribution in [1.29, 1.82) is 0 Å². The molecule has 2 rings (SSSR count). The van der Waals surface area contributed by atoms with Crippen LogP contribution in [-0.4, -0.2) is 31.9 Å². The van der Waals surface area contributed by atoms with Crippen molar-refractivity contribution in [1.82, 2.24) is 10.6 Å². The molecule has 5 heteroatoms. The molecule has 5 nitrogen and oxygen atoms in total. The fraction of sp³-hybridized carbons (Fsp3) is 0.533. The highest BCUT2D eigenvalue weighted by Crippen LogP contribution is 2.15. The molecule has 1 aromatic carbocycles. The Balaban J connectivity index is 1.76. The first-order valence-corrected chi connectivity index (χ1v) is 6.98. The first-order valence-electron chi connectivity index (χ1n) is 6.98. The predicted molar refractivity (Wildman–Crippen MR) is 76.8 cm³/mol. The van der Waals surface area contributed by atoms with E-state index in [4.69, 9.17) is 9.47 Å². The average Bonchev–Trinajstić information content (AvgIpc) is 2.99. The molecule has 110 valence electrons. The zero-order valence-corrected chi connectivity index (χ0v) is 12.0. The molecule has 0 aromatic heterocycles. The van der Waals surface area contributed by atoms with Crippen molar-refractivity contribution < 1.29 is 14.3 Å². The Kier molecular flexibility index (Phi) is 5.24. The van der Waals surface area contributed by atoms with Crippen LogP contribution in [0, 0.1) is 0 Å². The van der Waals surface area contributed by atoms with Gasteiger partial charge in [0.25, 0.3) is 0 Å². The van der Waals surface area contributed by atoms with E-state index in [0.717, 1.165) is 30.8 Å². The second-order valence-electron chi connectivity index (χ2n) is 5.02. The van der Waals surface area contributed by atoms with E-state index in [2.05, 4.69) is 10.6 Å². The molecule has 2 unspecified atom stereocenters. The fourth-order valence-electron chi connectivity index (χ4n) is 2.31. The van der Waals surface area contributed by atoms with Gasteiger partial charge in [-0.3, -0.25) is 0 Å². The lowest BCUT2D eigenvalue weighted by atomic mass is 10.1. The number of urea groups is 1. The summed E-state index contributed by atoms with van der Waals surface area (Å²) in [6, 6.07) is 7.50. The molecule has 2 N–H and O–H groups in total. The average molecular weight is 278 g/mol. The van der Waals surface area contributed by atoms with E-state index in [-0.39, 0.29) is 18.2 Å². The van der Waals surface area contributed by atoms with Crippen molar-refractivity contribution in [2.75, 3.05) is 13.7 Å². The van der Waals surface area contributed by atoms with Crippen molar-refractivity contribution in [3.8, 4) is 5.75 Å². The lowest BCUT2D eigenvalue weighted by Gasteiger charge is -2.20. The maximum atomic E-state index is 11.8. The van der Waals surface area contributed by atoms with Gasteiger partial charge in [-0.25, -0.2) is 4.79 Å². The van der Waals surface area contributed by atoms with E-state index in [9.17, 15) is 4.79 Å². The summed E-state index contributed by atoms with van der Waals surface area (Å²) in [5.74, 6) is 0.789. The van der Waals surface area contributed by atoms with Gasteiger partial charge >= 0.3 is 6.03 Å². The normalized spacial score (nSPS) is 19.4. The van der Waals surface area contributed by atoms with Crippen molar-refractivity contribution in [2.24, 2.45) is 0 Å². The number of nitrogens with one attached hydrogen (secondary N) is 2. The van der Waals surface area contributed by atoms with Crippen LogP contribution in [-0.2, 0) is 11.3 Å². The molecule has 0 radical (unpaired) electrons. The third-order valence-corrected chi connectivity index (χ3v) is 3.47. The third-order valence-electron chi connectivity index (χ3n) is 3.47. The van der Waals surface area contributed by atoms with Crippen LogP contribution in [0.25, 0.3) is 0 Å². The minimum Gasteiger partial charge on any atom is -0.497 e. The second kappa shape index (κ2) is 7.14. The van der Waals surface area contributed by atoms with Crippen LogP contribution >= 0.6 is 0 Å². The summed E-state index contributed by atoms with van der Waals surface area (Å²) in [5, 5.41) is 5.76. The molecule has 2 atom stereocenters. The van der Waals surface area contributed by atoms with Crippen LogP contribution in [0.3, 0.4) is 0 Å². The fourth-order valence-corrected chi connectivity index (χ4v) is 2.31. The summed E-state index contributed by atoms with van der Waals surface area (Å²) in [4.78, 5) is 11.8. The van der Waals surface area contributed by atoms with Crippen LogP contribution in [0.5, 0.6) is 5.75 Å². The molecule has 0 bridgehead atoms. The molecule has 1 aromatic rings. The minimum absolute atomic E-state index is 0.0304. The van der Waals surface area contributed by atoms with Crippen molar-refractivity contribution in [2.45, 2.75) is 38.5 Å². The molecule has 2 amide bonds. The van der Waals surface area contributed by atoms with Crippen molar-refractivity contribution in [3.05, 3.63) is 29.8 Å². The molecular weight excluding hydrogens is 256 g/mol. The lowest BCUT2D eigenvalue weighted by Crippen LogP contribution is -2.45. The summed E-state index contributed by atoms with van der Waals surface area (Å²) < 4.78 is 10.7. The van der Waals surface area contributed by atoms with Crippen LogP contribution in [0.15, 0.2) is 24.3 Å². The van der Waals surface area contributed by atoms with Gasteiger partial charge in [0.15, 0.2) is 0 Å².